The van der Waals surface area contributed by atoms with Gasteiger partial charge in [0.25, 0.3) is 0 Å². The predicted octanol–water partition coefficient (Wildman–Crippen LogP) is 5.74. The minimum atomic E-state index is 0.689. The first-order valence-electron chi connectivity index (χ1n) is 9.16. The number of nitrogens with zero attached hydrogens (tertiary/aromatic N) is 3. The molecular weight excluding hydrogens is 384 g/mol. The molecule has 5 aromatic rings. The van der Waals surface area contributed by atoms with E-state index in [0.29, 0.717) is 5.02 Å². The number of benzene rings is 3. The highest BCUT2D eigenvalue weighted by Gasteiger charge is 2.17. The van der Waals surface area contributed by atoms with Crippen LogP contribution in [0.5, 0.6) is 5.75 Å². The van der Waals surface area contributed by atoms with Crippen LogP contribution in [-0.2, 0) is 0 Å². The van der Waals surface area contributed by atoms with Crippen LogP contribution in [-0.4, -0.2) is 26.9 Å². The Morgan fingerprint density at radius 1 is 0.931 bits per heavy atom. The second-order valence-electron chi connectivity index (χ2n) is 6.64. The molecule has 1 N–H and O–H groups in total. The Morgan fingerprint density at radius 2 is 1.69 bits per heavy atom. The lowest BCUT2D eigenvalue weighted by molar-refractivity contribution is 0.415. The van der Waals surface area contributed by atoms with Crippen molar-refractivity contribution < 1.29 is 4.74 Å². The van der Waals surface area contributed by atoms with Gasteiger partial charge in [-0.15, -0.1) is 0 Å². The summed E-state index contributed by atoms with van der Waals surface area (Å²) in [5, 5.41) is 5.54. The first-order valence-corrected chi connectivity index (χ1v) is 9.54. The fourth-order valence-corrected chi connectivity index (χ4v) is 3.44. The minimum absolute atomic E-state index is 0.689. The Kier molecular flexibility index (Phi) is 4.30. The summed E-state index contributed by atoms with van der Waals surface area (Å²) in [6.45, 7) is 0. The van der Waals surface area contributed by atoms with E-state index in [1.165, 1.54) is 0 Å². The number of aromatic amines is 1. The molecule has 0 spiro atoms. The van der Waals surface area contributed by atoms with Crippen molar-refractivity contribution in [1.82, 2.24) is 19.7 Å². The van der Waals surface area contributed by atoms with E-state index in [0.717, 1.165) is 45.1 Å². The Labute approximate surface area is 172 Å². The topological polar surface area (TPSA) is 55.7 Å². The van der Waals surface area contributed by atoms with E-state index in [4.69, 9.17) is 26.4 Å². The van der Waals surface area contributed by atoms with Gasteiger partial charge in [0.05, 0.1) is 29.4 Å². The van der Waals surface area contributed by atoms with Gasteiger partial charge in [-0.2, -0.15) is 5.10 Å². The Balaban J connectivity index is 1.69. The summed E-state index contributed by atoms with van der Waals surface area (Å²) in [4.78, 5) is 8.18. The lowest BCUT2D eigenvalue weighted by Gasteiger charge is -2.03. The van der Waals surface area contributed by atoms with Gasteiger partial charge in [0.15, 0.2) is 0 Å². The zero-order valence-corrected chi connectivity index (χ0v) is 16.4. The number of aromatic nitrogens is 4. The third-order valence-electron chi connectivity index (χ3n) is 4.81. The zero-order valence-electron chi connectivity index (χ0n) is 15.6. The molecule has 2 aromatic heterocycles. The third-order valence-corrected chi connectivity index (χ3v) is 5.07. The van der Waals surface area contributed by atoms with Gasteiger partial charge in [0, 0.05) is 16.8 Å². The number of imidazole rings is 1. The van der Waals surface area contributed by atoms with Crippen molar-refractivity contribution in [3.8, 4) is 34.1 Å². The molecule has 142 valence electrons. The van der Waals surface area contributed by atoms with E-state index >= 15 is 0 Å². The molecule has 0 atom stereocenters. The molecule has 0 bridgehead atoms. The van der Waals surface area contributed by atoms with Gasteiger partial charge in [-0.1, -0.05) is 23.7 Å². The Morgan fingerprint density at radius 3 is 2.41 bits per heavy atom. The maximum Gasteiger partial charge on any atom is 0.142 e. The van der Waals surface area contributed by atoms with Gasteiger partial charge in [0.1, 0.15) is 17.3 Å². The quantitative estimate of drug-likeness (QED) is 0.418. The molecule has 29 heavy (non-hydrogen) atoms. The lowest BCUT2D eigenvalue weighted by Crippen LogP contribution is -1.94. The summed E-state index contributed by atoms with van der Waals surface area (Å²) in [7, 11) is 1.66. The molecule has 2 heterocycles. The highest BCUT2D eigenvalue weighted by atomic mass is 35.5. The van der Waals surface area contributed by atoms with Crippen LogP contribution in [0.1, 0.15) is 0 Å². The molecular formula is C23H17ClN4O. The molecule has 0 aliphatic rings. The molecule has 5 rings (SSSR count). The first-order chi connectivity index (χ1) is 14.2. The standard InChI is InChI=1S/C23H17ClN4O/c1-29-18-12-6-15(7-13-18)22-19(23-25-20-4-2-3-5-21(20)26-23)14-28(27-22)17-10-8-16(24)9-11-17/h2-14H,1H3,(H,25,26). The van der Waals surface area contributed by atoms with E-state index in [2.05, 4.69) is 4.98 Å². The molecule has 0 amide bonds. The first kappa shape index (κ1) is 17.5. The van der Waals surface area contributed by atoms with Gasteiger partial charge >= 0.3 is 0 Å². The normalized spacial score (nSPS) is 11.1. The van der Waals surface area contributed by atoms with Crippen LogP contribution >= 0.6 is 11.6 Å². The van der Waals surface area contributed by atoms with Crippen molar-refractivity contribution in [1.29, 1.82) is 0 Å². The fraction of sp³-hybridized carbons (Fsp3) is 0.0435. The fourth-order valence-electron chi connectivity index (χ4n) is 3.32. The molecule has 0 saturated carbocycles. The van der Waals surface area contributed by atoms with Crippen molar-refractivity contribution >= 4 is 22.6 Å². The summed E-state index contributed by atoms with van der Waals surface area (Å²) in [6, 6.07) is 23.4. The smallest absolute Gasteiger partial charge is 0.142 e. The Hall–Kier alpha value is -3.57. The average Bonchev–Trinajstić information content (AvgIpc) is 3.39. The van der Waals surface area contributed by atoms with Gasteiger partial charge in [-0.3, -0.25) is 0 Å². The van der Waals surface area contributed by atoms with Crippen molar-refractivity contribution in [2.24, 2.45) is 0 Å². The summed E-state index contributed by atoms with van der Waals surface area (Å²) >= 11 is 6.04. The van der Waals surface area contributed by atoms with Crippen LogP contribution in [0.25, 0.3) is 39.4 Å². The van der Waals surface area contributed by atoms with Crippen LogP contribution < -0.4 is 4.74 Å². The summed E-state index contributed by atoms with van der Waals surface area (Å²) in [5.74, 6) is 1.58. The van der Waals surface area contributed by atoms with Crippen LogP contribution in [0.2, 0.25) is 5.02 Å². The molecule has 0 radical (unpaired) electrons. The molecule has 3 aromatic carbocycles. The molecule has 0 saturated heterocycles. The number of hydrogen-bond acceptors (Lipinski definition) is 3. The number of methoxy groups -OCH3 is 1. The number of para-hydroxylation sites is 2. The highest BCUT2D eigenvalue weighted by Crippen LogP contribution is 2.32. The summed E-state index contributed by atoms with van der Waals surface area (Å²) in [6.07, 6.45) is 1.99. The molecule has 5 nitrogen and oxygen atoms in total. The zero-order chi connectivity index (χ0) is 19.8. The van der Waals surface area contributed by atoms with Gasteiger partial charge in [-0.25, -0.2) is 9.67 Å². The molecule has 6 heteroatoms. The largest absolute Gasteiger partial charge is 0.497 e. The SMILES string of the molecule is COc1ccc(-c2nn(-c3ccc(Cl)cc3)cc2-c2nc3ccccc3[nH]2)cc1. The van der Waals surface area contributed by atoms with Crippen LogP contribution in [0.4, 0.5) is 0 Å². The maximum absolute atomic E-state index is 6.04. The van der Waals surface area contributed by atoms with Crippen molar-refractivity contribution in [3.63, 3.8) is 0 Å². The second kappa shape index (κ2) is 7.11. The van der Waals surface area contributed by atoms with E-state index in [1.54, 1.807) is 7.11 Å². The van der Waals surface area contributed by atoms with Crippen LogP contribution in [0, 0.1) is 0 Å². The van der Waals surface area contributed by atoms with Gasteiger partial charge in [-0.05, 0) is 60.7 Å². The average molecular weight is 401 g/mol. The second-order valence-corrected chi connectivity index (χ2v) is 7.08. The summed E-state index contributed by atoms with van der Waals surface area (Å²) < 4.78 is 7.13. The molecule has 0 unspecified atom stereocenters. The Bertz CT molecular complexity index is 1250. The number of ether oxygens (including phenoxy) is 1. The van der Waals surface area contributed by atoms with E-state index < -0.39 is 0 Å². The number of halogens is 1. The molecule has 0 fully saturated rings. The maximum atomic E-state index is 6.04. The van der Waals surface area contributed by atoms with Gasteiger partial charge in [0.2, 0.25) is 0 Å². The predicted molar refractivity (Wildman–Crippen MR) is 116 cm³/mol. The van der Waals surface area contributed by atoms with E-state index in [1.807, 2.05) is 83.7 Å². The van der Waals surface area contributed by atoms with E-state index in [-0.39, 0.29) is 0 Å². The van der Waals surface area contributed by atoms with Crippen molar-refractivity contribution in [3.05, 3.63) is 84.0 Å². The lowest BCUT2D eigenvalue weighted by atomic mass is 10.1. The summed E-state index contributed by atoms with van der Waals surface area (Å²) in [5.41, 5.74) is 5.56. The number of fused-ring (bicyclic) bond motifs is 1. The van der Waals surface area contributed by atoms with Crippen LogP contribution in [0.3, 0.4) is 0 Å². The van der Waals surface area contributed by atoms with E-state index in [9.17, 15) is 0 Å². The molecule has 0 aliphatic heterocycles. The number of hydrogen-bond donors (Lipinski definition) is 1. The monoisotopic (exact) mass is 400 g/mol. The van der Waals surface area contributed by atoms with Crippen molar-refractivity contribution in [2.75, 3.05) is 7.11 Å². The van der Waals surface area contributed by atoms with Crippen LogP contribution in [0.15, 0.2) is 79.0 Å². The minimum Gasteiger partial charge on any atom is -0.497 e. The number of nitrogens with one attached hydrogen (secondary N) is 1. The highest BCUT2D eigenvalue weighted by molar-refractivity contribution is 6.30. The molecule has 0 aliphatic carbocycles. The number of rotatable bonds is 4. The third kappa shape index (κ3) is 3.26. The van der Waals surface area contributed by atoms with Crippen molar-refractivity contribution in [2.45, 2.75) is 0 Å². The number of H-pyrrole nitrogens is 1. The van der Waals surface area contributed by atoms with Gasteiger partial charge < -0.3 is 9.72 Å².